The molecular weight excluding hydrogens is 440 g/mol. The van der Waals surface area contributed by atoms with Crippen molar-refractivity contribution in [3.63, 3.8) is 0 Å². The van der Waals surface area contributed by atoms with Crippen molar-refractivity contribution < 1.29 is 24.5 Å². The molecule has 5 heteroatoms. The van der Waals surface area contributed by atoms with Gasteiger partial charge in [0.25, 0.3) is 0 Å². The zero-order valence-corrected chi connectivity index (χ0v) is 22.1. The number of aliphatic hydroxyl groups is 2. The molecule has 35 heavy (non-hydrogen) atoms. The maximum absolute atomic E-state index is 12.9. The molecule has 0 radical (unpaired) electrons. The van der Waals surface area contributed by atoms with Gasteiger partial charge in [0.05, 0.1) is 19.1 Å². The molecule has 0 unspecified atom stereocenters. The van der Waals surface area contributed by atoms with Crippen molar-refractivity contribution in [2.24, 2.45) is 33.0 Å². The quantitative estimate of drug-likeness (QED) is 0.491. The van der Waals surface area contributed by atoms with E-state index in [4.69, 9.17) is 4.74 Å². The van der Waals surface area contributed by atoms with Crippen LogP contribution >= 0.6 is 0 Å². The molecule has 3 fully saturated rings. The van der Waals surface area contributed by atoms with Crippen molar-refractivity contribution in [3.8, 4) is 0 Å². The van der Waals surface area contributed by atoms with E-state index in [0.29, 0.717) is 18.4 Å². The van der Waals surface area contributed by atoms with Gasteiger partial charge in [0, 0.05) is 11.0 Å². The van der Waals surface area contributed by atoms with Crippen molar-refractivity contribution in [2.45, 2.75) is 79.6 Å². The third-order valence-corrected chi connectivity index (χ3v) is 11.7. The summed E-state index contributed by atoms with van der Waals surface area (Å²) in [7, 11) is 1.43. The molecule has 0 aromatic heterocycles. The van der Waals surface area contributed by atoms with Crippen molar-refractivity contribution in [3.05, 3.63) is 46.3 Å². The van der Waals surface area contributed by atoms with E-state index in [-0.39, 0.29) is 51.7 Å². The first-order chi connectivity index (χ1) is 16.3. The van der Waals surface area contributed by atoms with Gasteiger partial charge in [-0.1, -0.05) is 45.4 Å². The molecule has 6 atom stereocenters. The highest BCUT2D eigenvalue weighted by molar-refractivity contribution is 6.06. The van der Waals surface area contributed by atoms with E-state index in [0.717, 1.165) is 43.3 Å². The van der Waals surface area contributed by atoms with Gasteiger partial charge in [0.1, 0.15) is 0 Å². The second kappa shape index (κ2) is 7.44. The van der Waals surface area contributed by atoms with Gasteiger partial charge in [-0.2, -0.15) is 0 Å². The maximum atomic E-state index is 12.9. The Morgan fingerprint density at radius 2 is 1.74 bits per heavy atom. The van der Waals surface area contributed by atoms with Crippen LogP contribution in [0.15, 0.2) is 46.3 Å². The Kier molecular flexibility index (Phi) is 5.22. The Balaban J connectivity index is 1.63. The lowest BCUT2D eigenvalue weighted by atomic mass is 9.34. The van der Waals surface area contributed by atoms with Crippen LogP contribution in [-0.4, -0.2) is 35.7 Å². The van der Waals surface area contributed by atoms with Crippen LogP contribution in [0.2, 0.25) is 0 Å². The number of allylic oxidation sites excluding steroid dienone is 7. The van der Waals surface area contributed by atoms with Crippen LogP contribution in [0.25, 0.3) is 0 Å². The van der Waals surface area contributed by atoms with E-state index in [9.17, 15) is 19.8 Å². The SMILES string of the molecule is COC(=O)[C@]1(CO)CC[C@]2(C)CC[C@]3(C)C4=CC=C5C(=CC(=O)C(O)=C5C)[C@]4(C)CC[C@@]3(C)[C@@H]2C1. The first kappa shape index (κ1) is 24.5. The zero-order chi connectivity index (χ0) is 25.6. The summed E-state index contributed by atoms with van der Waals surface area (Å²) in [6.45, 7) is 11.1. The van der Waals surface area contributed by atoms with E-state index in [1.54, 1.807) is 6.08 Å². The van der Waals surface area contributed by atoms with Crippen molar-refractivity contribution in [2.75, 3.05) is 13.7 Å². The summed E-state index contributed by atoms with van der Waals surface area (Å²) < 4.78 is 5.20. The molecule has 2 N–H and O–H groups in total. The summed E-state index contributed by atoms with van der Waals surface area (Å²) in [6.07, 6.45) is 12.3. The average Bonchev–Trinajstić information content (AvgIpc) is 2.84. The van der Waals surface area contributed by atoms with E-state index >= 15 is 0 Å². The van der Waals surface area contributed by atoms with Gasteiger partial charge in [-0.25, -0.2) is 0 Å². The van der Waals surface area contributed by atoms with E-state index in [1.165, 1.54) is 12.7 Å². The highest BCUT2D eigenvalue weighted by atomic mass is 16.5. The lowest BCUT2D eigenvalue weighted by Crippen LogP contribution is -2.62. The molecule has 0 amide bonds. The molecule has 5 aliphatic carbocycles. The molecule has 0 spiro atoms. The number of aliphatic hydroxyl groups excluding tert-OH is 2. The molecule has 0 aliphatic heterocycles. The second-order valence-electron chi connectivity index (χ2n) is 13.0. The van der Waals surface area contributed by atoms with E-state index in [1.807, 2.05) is 6.92 Å². The van der Waals surface area contributed by atoms with Crippen molar-refractivity contribution in [1.82, 2.24) is 0 Å². The minimum atomic E-state index is -0.827. The summed E-state index contributed by atoms with van der Waals surface area (Å²) in [5.74, 6) is -0.454. The number of carbonyl (C=O) groups excluding carboxylic acids is 2. The molecule has 0 heterocycles. The summed E-state index contributed by atoms with van der Waals surface area (Å²) in [4.78, 5) is 25.5. The highest BCUT2D eigenvalue weighted by Crippen LogP contribution is 2.75. The molecule has 190 valence electrons. The second-order valence-corrected chi connectivity index (χ2v) is 13.0. The largest absolute Gasteiger partial charge is 0.504 e. The van der Waals surface area contributed by atoms with Crippen molar-refractivity contribution in [1.29, 1.82) is 0 Å². The number of rotatable bonds is 2. The van der Waals surface area contributed by atoms with Gasteiger partial charge in [0.15, 0.2) is 5.76 Å². The Hall–Kier alpha value is -2.14. The number of ether oxygens (including phenoxy) is 1. The van der Waals surface area contributed by atoms with E-state index in [2.05, 4.69) is 39.8 Å². The van der Waals surface area contributed by atoms with Crippen LogP contribution in [0.1, 0.15) is 79.6 Å². The van der Waals surface area contributed by atoms with Gasteiger partial charge in [-0.3, -0.25) is 9.59 Å². The molecule has 5 aliphatic rings. The van der Waals surface area contributed by atoms with Gasteiger partial charge in [-0.05, 0) is 91.3 Å². The normalized spacial score (nSPS) is 44.7. The summed E-state index contributed by atoms with van der Waals surface area (Å²) in [5.41, 5.74) is 2.91. The molecule has 5 rings (SSSR count). The van der Waals surface area contributed by atoms with E-state index < -0.39 is 5.41 Å². The van der Waals surface area contributed by atoms with Gasteiger partial charge < -0.3 is 14.9 Å². The third kappa shape index (κ3) is 2.91. The first-order valence-electron chi connectivity index (χ1n) is 13.1. The van der Waals surface area contributed by atoms with Gasteiger partial charge in [0.2, 0.25) is 5.78 Å². The van der Waals surface area contributed by atoms with Crippen molar-refractivity contribution >= 4 is 11.8 Å². The van der Waals surface area contributed by atoms with Crippen LogP contribution in [-0.2, 0) is 14.3 Å². The third-order valence-electron chi connectivity index (χ3n) is 11.7. The molecule has 0 saturated heterocycles. The van der Waals surface area contributed by atoms with Crippen LogP contribution in [0.3, 0.4) is 0 Å². The standard InChI is InChI=1S/C30H40O5/c1-18-19-7-8-22-27(3,20(19)15-21(32)24(18)33)11-13-29(5)23-16-30(17-31,25(34)35-6)14-10-26(23,2)9-12-28(22,29)4/h7-8,15,23,31,33H,9-14,16-17H2,1-6H3/t23-,26+,27+,28-,29+,30-/m1/s1. The lowest BCUT2D eigenvalue weighted by molar-refractivity contribution is -0.187. The lowest BCUT2D eigenvalue weighted by Gasteiger charge is -2.70. The number of fused-ring (bicyclic) bond motifs is 7. The number of carbonyl (C=O) groups is 2. The van der Waals surface area contributed by atoms with Crippen LogP contribution in [0, 0.1) is 33.0 Å². The Bertz CT molecular complexity index is 1140. The predicted molar refractivity (Wildman–Crippen MR) is 134 cm³/mol. The predicted octanol–water partition coefficient (Wildman–Crippen LogP) is 5.76. The maximum Gasteiger partial charge on any atom is 0.314 e. The molecule has 0 bridgehead atoms. The molecular formula is C30H40O5. The zero-order valence-electron chi connectivity index (χ0n) is 22.1. The Morgan fingerprint density at radius 1 is 1.06 bits per heavy atom. The Morgan fingerprint density at radius 3 is 2.40 bits per heavy atom. The summed E-state index contributed by atoms with van der Waals surface area (Å²) in [5, 5.41) is 20.7. The molecule has 0 aromatic carbocycles. The highest BCUT2D eigenvalue weighted by Gasteiger charge is 2.67. The topological polar surface area (TPSA) is 83.8 Å². The molecule has 5 nitrogen and oxygen atoms in total. The number of esters is 1. The fraction of sp³-hybridized carbons (Fsp3) is 0.667. The van der Waals surface area contributed by atoms with Crippen LogP contribution < -0.4 is 0 Å². The number of ketones is 1. The minimum Gasteiger partial charge on any atom is -0.504 e. The molecule has 3 saturated carbocycles. The smallest absolute Gasteiger partial charge is 0.314 e. The number of hydrogen-bond donors (Lipinski definition) is 2. The summed E-state index contributed by atoms with van der Waals surface area (Å²) in [6, 6.07) is 0. The fourth-order valence-electron chi connectivity index (χ4n) is 8.97. The fourth-order valence-corrected chi connectivity index (χ4v) is 8.97. The molecule has 0 aromatic rings. The van der Waals surface area contributed by atoms with Gasteiger partial charge >= 0.3 is 5.97 Å². The summed E-state index contributed by atoms with van der Waals surface area (Å²) >= 11 is 0. The first-order valence-corrected chi connectivity index (χ1v) is 13.1. The number of hydrogen-bond acceptors (Lipinski definition) is 5. The minimum absolute atomic E-state index is 0.0577. The average molecular weight is 481 g/mol. The monoisotopic (exact) mass is 480 g/mol. The van der Waals surface area contributed by atoms with Crippen LogP contribution in [0.4, 0.5) is 0 Å². The number of methoxy groups -OCH3 is 1. The van der Waals surface area contributed by atoms with Gasteiger partial charge in [-0.15, -0.1) is 0 Å². The van der Waals surface area contributed by atoms with Crippen LogP contribution in [0.5, 0.6) is 0 Å². The Labute approximate surface area is 209 Å².